The molecule has 0 aliphatic carbocycles. The Morgan fingerprint density at radius 3 is 2.88 bits per heavy atom. The fourth-order valence-electron chi connectivity index (χ4n) is 1.36. The van der Waals surface area contributed by atoms with Gasteiger partial charge in [0.2, 0.25) is 5.82 Å². The summed E-state index contributed by atoms with van der Waals surface area (Å²) in [5, 5.41) is 13.4. The van der Waals surface area contributed by atoms with Crippen LogP contribution in [0.3, 0.4) is 0 Å². The molecule has 1 heterocycles. The van der Waals surface area contributed by atoms with Crippen molar-refractivity contribution < 1.29 is 13.7 Å². The molecule has 0 amide bonds. The molecule has 1 N–H and O–H groups in total. The van der Waals surface area contributed by atoms with E-state index in [0.717, 1.165) is 12.1 Å². The van der Waals surface area contributed by atoms with Crippen LogP contribution in [0.4, 0.5) is 15.8 Å². The van der Waals surface area contributed by atoms with E-state index >= 15 is 0 Å². The van der Waals surface area contributed by atoms with Gasteiger partial charge in [0, 0.05) is 11.8 Å². The number of nitrogens with zero attached hydrogens (tertiary/aromatic N) is 1. The van der Waals surface area contributed by atoms with Crippen molar-refractivity contribution in [2.24, 2.45) is 0 Å². The topological polar surface area (TPSA) is 68.3 Å². The second kappa shape index (κ2) is 4.65. The normalized spacial score (nSPS) is 10.2. The van der Waals surface area contributed by atoms with Crippen LogP contribution in [0.2, 0.25) is 0 Å². The highest BCUT2D eigenvalue weighted by Gasteiger charge is 2.14. The maximum absolute atomic E-state index is 13.0. The molecule has 17 heavy (non-hydrogen) atoms. The molecule has 5 nitrogen and oxygen atoms in total. The molecule has 2 aromatic rings. The van der Waals surface area contributed by atoms with E-state index in [1.54, 1.807) is 12.1 Å². The molecule has 0 aliphatic rings. The van der Waals surface area contributed by atoms with E-state index in [-0.39, 0.29) is 0 Å². The van der Waals surface area contributed by atoms with Crippen molar-refractivity contribution in [1.29, 1.82) is 0 Å². The highest BCUT2D eigenvalue weighted by molar-refractivity contribution is 5.51. The summed E-state index contributed by atoms with van der Waals surface area (Å²) in [5.41, 5.74) is -0.0797. The number of hydrogen-bond donors (Lipinski definition) is 1. The minimum absolute atomic E-state index is 0.385. The molecule has 2 rings (SSSR count). The van der Waals surface area contributed by atoms with Crippen molar-refractivity contribution >= 4 is 11.4 Å². The largest absolute Gasteiger partial charge is 0.467 e. The molecule has 1 aromatic heterocycles. The summed E-state index contributed by atoms with van der Waals surface area (Å²) in [6, 6.07) is 7.15. The molecule has 1 aromatic carbocycles. The summed E-state index contributed by atoms with van der Waals surface area (Å²) in [5.74, 6) is -0.157. The zero-order chi connectivity index (χ0) is 12.3. The summed E-state index contributed by atoms with van der Waals surface area (Å²) < 4.78 is 18.1. The van der Waals surface area contributed by atoms with Crippen LogP contribution in [-0.4, -0.2) is 4.92 Å². The van der Waals surface area contributed by atoms with Crippen LogP contribution in [0, 0.1) is 15.9 Å². The third-order valence-corrected chi connectivity index (χ3v) is 2.19. The van der Waals surface area contributed by atoms with Crippen LogP contribution in [0.1, 0.15) is 5.76 Å². The number of furan rings is 1. The lowest BCUT2D eigenvalue weighted by Crippen LogP contribution is -2.00. The monoisotopic (exact) mass is 236 g/mol. The van der Waals surface area contributed by atoms with Gasteiger partial charge in [0.25, 0.3) is 0 Å². The first-order chi connectivity index (χ1) is 8.16. The average molecular weight is 236 g/mol. The molecular weight excluding hydrogens is 227 g/mol. The lowest BCUT2D eigenvalue weighted by molar-refractivity contribution is -0.387. The zero-order valence-electron chi connectivity index (χ0n) is 8.72. The van der Waals surface area contributed by atoms with E-state index in [0.29, 0.717) is 18.0 Å². The van der Waals surface area contributed by atoms with Crippen LogP contribution >= 0.6 is 0 Å². The molecule has 0 fully saturated rings. The molecule has 6 heteroatoms. The second-order valence-electron chi connectivity index (χ2n) is 3.36. The van der Waals surface area contributed by atoms with Gasteiger partial charge in [0.05, 0.1) is 17.7 Å². The van der Waals surface area contributed by atoms with E-state index in [4.69, 9.17) is 4.42 Å². The third-order valence-electron chi connectivity index (χ3n) is 2.19. The molecular formula is C11H9FN2O3. The van der Waals surface area contributed by atoms with Gasteiger partial charge in [-0.25, -0.2) is 0 Å². The summed E-state index contributed by atoms with van der Waals surface area (Å²) in [7, 11) is 0. The van der Waals surface area contributed by atoms with E-state index in [1.165, 1.54) is 12.3 Å². The van der Waals surface area contributed by atoms with Crippen LogP contribution in [-0.2, 0) is 6.54 Å². The number of nitrogens with one attached hydrogen (secondary N) is 1. The molecule has 0 bridgehead atoms. The number of nitro benzene ring substituents is 1. The van der Waals surface area contributed by atoms with Crippen molar-refractivity contribution in [2.75, 3.05) is 5.32 Å². The third kappa shape index (κ3) is 2.60. The Balaban J connectivity index is 2.11. The zero-order valence-corrected chi connectivity index (χ0v) is 8.72. The lowest BCUT2D eigenvalue weighted by atomic mass is 10.2. The molecule has 0 saturated carbocycles. The maximum atomic E-state index is 13.0. The van der Waals surface area contributed by atoms with Gasteiger partial charge in [0.1, 0.15) is 5.76 Å². The number of benzene rings is 1. The van der Waals surface area contributed by atoms with E-state index < -0.39 is 16.4 Å². The first kappa shape index (κ1) is 11.1. The predicted molar refractivity (Wildman–Crippen MR) is 59.1 cm³/mol. The van der Waals surface area contributed by atoms with Crippen LogP contribution in [0.15, 0.2) is 41.0 Å². The first-order valence-corrected chi connectivity index (χ1v) is 4.87. The van der Waals surface area contributed by atoms with E-state index in [9.17, 15) is 14.5 Å². The number of anilines is 1. The van der Waals surface area contributed by atoms with Gasteiger partial charge in [-0.1, -0.05) is 0 Å². The molecule has 0 radical (unpaired) electrons. The Morgan fingerprint density at radius 1 is 1.41 bits per heavy atom. The van der Waals surface area contributed by atoms with Crippen molar-refractivity contribution in [1.82, 2.24) is 0 Å². The second-order valence-corrected chi connectivity index (χ2v) is 3.36. The van der Waals surface area contributed by atoms with Crippen molar-refractivity contribution in [3.63, 3.8) is 0 Å². The molecule has 88 valence electrons. The highest BCUT2D eigenvalue weighted by Crippen LogP contribution is 2.21. The number of nitro groups is 1. The Morgan fingerprint density at radius 2 is 2.24 bits per heavy atom. The molecule has 0 saturated heterocycles. The van der Waals surface area contributed by atoms with Gasteiger partial charge in [-0.2, -0.15) is 4.39 Å². The number of rotatable bonds is 4. The Bertz CT molecular complexity index is 526. The van der Waals surface area contributed by atoms with Gasteiger partial charge < -0.3 is 9.73 Å². The van der Waals surface area contributed by atoms with Crippen LogP contribution in [0.25, 0.3) is 0 Å². The van der Waals surface area contributed by atoms with Gasteiger partial charge in [-0.3, -0.25) is 10.1 Å². The highest BCUT2D eigenvalue weighted by atomic mass is 19.1. The molecule has 0 unspecified atom stereocenters. The Hall–Kier alpha value is -2.37. The van der Waals surface area contributed by atoms with Crippen molar-refractivity contribution in [2.45, 2.75) is 6.54 Å². The van der Waals surface area contributed by atoms with Crippen molar-refractivity contribution in [3.8, 4) is 0 Å². The lowest BCUT2D eigenvalue weighted by Gasteiger charge is -2.04. The van der Waals surface area contributed by atoms with Gasteiger partial charge in [-0.05, 0) is 24.3 Å². The minimum atomic E-state index is -0.849. The predicted octanol–water partition coefficient (Wildman–Crippen LogP) is 2.94. The molecule has 0 aliphatic heterocycles. The minimum Gasteiger partial charge on any atom is -0.467 e. The summed E-state index contributed by atoms with van der Waals surface area (Å²) in [6.45, 7) is 0.385. The van der Waals surface area contributed by atoms with Crippen LogP contribution < -0.4 is 5.32 Å². The molecule has 0 atom stereocenters. The quantitative estimate of drug-likeness (QED) is 0.654. The van der Waals surface area contributed by atoms with Gasteiger partial charge in [-0.15, -0.1) is 0 Å². The van der Waals surface area contributed by atoms with Crippen molar-refractivity contribution in [3.05, 3.63) is 58.3 Å². The average Bonchev–Trinajstić information content (AvgIpc) is 2.80. The summed E-state index contributed by atoms with van der Waals surface area (Å²) in [4.78, 5) is 9.77. The van der Waals surface area contributed by atoms with Crippen LogP contribution in [0.5, 0.6) is 0 Å². The summed E-state index contributed by atoms with van der Waals surface area (Å²) in [6.07, 6.45) is 1.53. The SMILES string of the molecule is O=[N+]([O-])c1cc(NCc2ccco2)ccc1F. The van der Waals surface area contributed by atoms with Gasteiger partial charge in [0.15, 0.2) is 0 Å². The smallest absolute Gasteiger partial charge is 0.306 e. The Kier molecular flexibility index (Phi) is 3.04. The number of hydrogen-bond acceptors (Lipinski definition) is 4. The number of halogens is 1. The molecule has 0 spiro atoms. The van der Waals surface area contributed by atoms with E-state index in [2.05, 4.69) is 5.32 Å². The maximum Gasteiger partial charge on any atom is 0.306 e. The fraction of sp³-hybridized carbons (Fsp3) is 0.0909. The standard InChI is InChI=1S/C11H9FN2O3/c12-10-4-3-8(6-11(10)14(15)16)13-7-9-2-1-5-17-9/h1-6,13H,7H2. The van der Waals surface area contributed by atoms with Gasteiger partial charge >= 0.3 is 5.69 Å². The fourth-order valence-corrected chi connectivity index (χ4v) is 1.36. The first-order valence-electron chi connectivity index (χ1n) is 4.87. The summed E-state index contributed by atoms with van der Waals surface area (Å²) >= 11 is 0. The van der Waals surface area contributed by atoms with E-state index in [1.807, 2.05) is 0 Å². The Labute approximate surface area is 96.0 Å².